The number of aromatic nitrogens is 1. The molecule has 0 aliphatic rings. The summed E-state index contributed by atoms with van der Waals surface area (Å²) in [4.78, 5) is 8.54. The van der Waals surface area contributed by atoms with E-state index in [-0.39, 0.29) is 12.3 Å². The number of ether oxygens (including phenoxy) is 1. The zero-order valence-electron chi connectivity index (χ0n) is 16.2. The van der Waals surface area contributed by atoms with Crippen LogP contribution in [0.15, 0.2) is 70.3 Å². The summed E-state index contributed by atoms with van der Waals surface area (Å²) in [5.41, 5.74) is 2.14. The lowest BCUT2D eigenvalue weighted by Gasteiger charge is -2.15. The molecule has 0 aliphatic carbocycles. The van der Waals surface area contributed by atoms with Gasteiger partial charge in [-0.2, -0.15) is 13.2 Å². The van der Waals surface area contributed by atoms with Crippen LogP contribution in [0.1, 0.15) is 11.3 Å². The highest BCUT2D eigenvalue weighted by Gasteiger charge is 2.28. The van der Waals surface area contributed by atoms with E-state index in [2.05, 4.69) is 20.6 Å². The molecule has 2 N–H and O–H groups in total. The second kappa shape index (κ2) is 9.82. The molecule has 3 rings (SSSR count). The number of hydrogen-bond acceptors (Lipinski definition) is 4. The average molecular weight is 418 g/mol. The van der Waals surface area contributed by atoms with Gasteiger partial charge in [-0.05, 0) is 18.2 Å². The highest BCUT2D eigenvalue weighted by molar-refractivity contribution is 5.79. The van der Waals surface area contributed by atoms with Crippen molar-refractivity contribution in [3.8, 4) is 17.2 Å². The van der Waals surface area contributed by atoms with Gasteiger partial charge in [0.05, 0.1) is 12.2 Å². The molecule has 0 aliphatic heterocycles. The van der Waals surface area contributed by atoms with Gasteiger partial charge in [0.25, 0.3) is 0 Å². The van der Waals surface area contributed by atoms with Gasteiger partial charge in [0, 0.05) is 24.7 Å². The van der Waals surface area contributed by atoms with Gasteiger partial charge >= 0.3 is 6.18 Å². The first-order chi connectivity index (χ1) is 14.4. The lowest BCUT2D eigenvalue weighted by atomic mass is 10.2. The summed E-state index contributed by atoms with van der Waals surface area (Å²) in [5.74, 6) is 1.15. The summed E-state index contributed by atoms with van der Waals surface area (Å²) in [5, 5.41) is 6.14. The SMILES string of the molecule is CN=C(NCc1coc(-c2ccccc2)n1)NCc1ccccc1OCC(F)(F)F. The van der Waals surface area contributed by atoms with Crippen LogP contribution in [-0.2, 0) is 13.1 Å². The molecular weight excluding hydrogens is 397 g/mol. The third-order valence-electron chi connectivity index (χ3n) is 4.04. The zero-order chi connectivity index (χ0) is 21.4. The molecule has 0 radical (unpaired) electrons. The van der Waals surface area contributed by atoms with Crippen LogP contribution in [0.5, 0.6) is 5.75 Å². The van der Waals surface area contributed by atoms with Crippen molar-refractivity contribution in [2.24, 2.45) is 4.99 Å². The van der Waals surface area contributed by atoms with Gasteiger partial charge in [-0.1, -0.05) is 36.4 Å². The van der Waals surface area contributed by atoms with E-state index in [1.54, 1.807) is 31.5 Å². The molecule has 0 unspecified atom stereocenters. The van der Waals surface area contributed by atoms with Crippen LogP contribution < -0.4 is 15.4 Å². The van der Waals surface area contributed by atoms with Crippen molar-refractivity contribution in [1.29, 1.82) is 0 Å². The third-order valence-corrected chi connectivity index (χ3v) is 4.04. The molecule has 9 heteroatoms. The fraction of sp³-hybridized carbons (Fsp3) is 0.238. The normalized spacial score (nSPS) is 11.9. The zero-order valence-corrected chi connectivity index (χ0v) is 16.2. The van der Waals surface area contributed by atoms with Crippen molar-refractivity contribution in [1.82, 2.24) is 15.6 Å². The van der Waals surface area contributed by atoms with Crippen molar-refractivity contribution in [3.63, 3.8) is 0 Å². The van der Waals surface area contributed by atoms with Crippen LogP contribution >= 0.6 is 0 Å². The Hall–Kier alpha value is -3.49. The molecule has 158 valence electrons. The number of nitrogens with zero attached hydrogens (tertiary/aromatic N) is 2. The van der Waals surface area contributed by atoms with Crippen molar-refractivity contribution >= 4 is 5.96 Å². The second-order valence-corrected chi connectivity index (χ2v) is 6.30. The fourth-order valence-corrected chi connectivity index (χ4v) is 2.63. The fourth-order valence-electron chi connectivity index (χ4n) is 2.63. The summed E-state index contributed by atoms with van der Waals surface area (Å²) in [6.45, 7) is -0.739. The van der Waals surface area contributed by atoms with Crippen molar-refractivity contribution in [2.75, 3.05) is 13.7 Å². The smallest absolute Gasteiger partial charge is 0.422 e. The summed E-state index contributed by atoms with van der Waals surface area (Å²) < 4.78 is 47.7. The molecule has 0 amide bonds. The molecule has 0 saturated heterocycles. The maximum absolute atomic E-state index is 12.4. The predicted molar refractivity (Wildman–Crippen MR) is 107 cm³/mol. The van der Waals surface area contributed by atoms with E-state index in [4.69, 9.17) is 9.15 Å². The third kappa shape index (κ3) is 6.26. The molecule has 3 aromatic rings. The number of benzene rings is 2. The number of para-hydroxylation sites is 1. The summed E-state index contributed by atoms with van der Waals surface area (Å²) in [6, 6.07) is 16.1. The number of halogens is 3. The number of hydrogen-bond donors (Lipinski definition) is 2. The standard InChI is InChI=1S/C21H21F3N4O2/c1-25-20(26-11-16-9-5-6-10-18(16)30-14-21(22,23)24)27-12-17-13-29-19(28-17)15-7-3-2-4-8-15/h2-10,13H,11-12,14H2,1H3,(H2,25,26,27). The molecule has 0 bridgehead atoms. The molecule has 1 heterocycles. The monoisotopic (exact) mass is 418 g/mol. The molecule has 0 atom stereocenters. The number of oxazole rings is 1. The van der Waals surface area contributed by atoms with Crippen LogP contribution in [-0.4, -0.2) is 30.8 Å². The topological polar surface area (TPSA) is 71.7 Å². The second-order valence-electron chi connectivity index (χ2n) is 6.30. The highest BCUT2D eigenvalue weighted by atomic mass is 19.4. The average Bonchev–Trinajstić information content (AvgIpc) is 3.22. The molecule has 2 aromatic carbocycles. The Morgan fingerprint density at radius 3 is 2.47 bits per heavy atom. The first-order valence-electron chi connectivity index (χ1n) is 9.16. The first-order valence-corrected chi connectivity index (χ1v) is 9.16. The Bertz CT molecular complexity index is 972. The molecule has 30 heavy (non-hydrogen) atoms. The van der Waals surface area contributed by atoms with E-state index in [1.165, 1.54) is 6.07 Å². The van der Waals surface area contributed by atoms with Crippen LogP contribution in [0.25, 0.3) is 11.5 Å². The minimum atomic E-state index is -4.39. The largest absolute Gasteiger partial charge is 0.484 e. The van der Waals surface area contributed by atoms with Crippen LogP contribution in [0.3, 0.4) is 0 Å². The maximum atomic E-state index is 12.4. The van der Waals surface area contributed by atoms with E-state index in [1.807, 2.05) is 30.3 Å². The Labute approximate surface area is 171 Å². The predicted octanol–water partition coefficient (Wildman–Crippen LogP) is 4.15. The van der Waals surface area contributed by atoms with Crippen molar-refractivity contribution in [3.05, 3.63) is 72.1 Å². The van der Waals surface area contributed by atoms with Gasteiger partial charge in [0.2, 0.25) is 5.89 Å². The van der Waals surface area contributed by atoms with E-state index < -0.39 is 12.8 Å². The summed E-state index contributed by atoms with van der Waals surface area (Å²) in [6.07, 6.45) is -2.84. The van der Waals surface area contributed by atoms with Gasteiger partial charge in [-0.15, -0.1) is 0 Å². The van der Waals surface area contributed by atoms with Gasteiger partial charge in [-0.25, -0.2) is 4.98 Å². The minimum Gasteiger partial charge on any atom is -0.484 e. The van der Waals surface area contributed by atoms with Crippen molar-refractivity contribution < 1.29 is 22.3 Å². The van der Waals surface area contributed by atoms with Gasteiger partial charge in [0.15, 0.2) is 12.6 Å². The van der Waals surface area contributed by atoms with Crippen LogP contribution in [0.2, 0.25) is 0 Å². The highest BCUT2D eigenvalue weighted by Crippen LogP contribution is 2.22. The molecule has 1 aromatic heterocycles. The van der Waals surface area contributed by atoms with Gasteiger partial charge < -0.3 is 19.8 Å². The molecular formula is C21H21F3N4O2. The lowest BCUT2D eigenvalue weighted by molar-refractivity contribution is -0.153. The molecule has 0 fully saturated rings. The van der Waals surface area contributed by atoms with E-state index in [9.17, 15) is 13.2 Å². The van der Waals surface area contributed by atoms with Gasteiger partial charge in [-0.3, -0.25) is 4.99 Å². The van der Waals surface area contributed by atoms with E-state index >= 15 is 0 Å². The maximum Gasteiger partial charge on any atom is 0.422 e. The summed E-state index contributed by atoms with van der Waals surface area (Å²) >= 11 is 0. The molecule has 6 nitrogen and oxygen atoms in total. The van der Waals surface area contributed by atoms with Crippen LogP contribution in [0.4, 0.5) is 13.2 Å². The van der Waals surface area contributed by atoms with Crippen molar-refractivity contribution in [2.45, 2.75) is 19.3 Å². The lowest BCUT2D eigenvalue weighted by Crippen LogP contribution is -2.36. The number of aliphatic imine (C=N–C) groups is 1. The molecule has 0 saturated carbocycles. The minimum absolute atomic E-state index is 0.168. The number of nitrogens with one attached hydrogen (secondary N) is 2. The van der Waals surface area contributed by atoms with Crippen LogP contribution in [0, 0.1) is 0 Å². The van der Waals surface area contributed by atoms with E-state index in [0.29, 0.717) is 29.7 Å². The van der Waals surface area contributed by atoms with E-state index in [0.717, 1.165) is 5.56 Å². The van der Waals surface area contributed by atoms with Gasteiger partial charge in [0.1, 0.15) is 12.0 Å². The quantitative estimate of drug-likeness (QED) is 0.446. The first kappa shape index (κ1) is 21.2. The Balaban J connectivity index is 1.54. The molecule has 0 spiro atoms. The number of alkyl halides is 3. The number of guanidine groups is 1. The Morgan fingerprint density at radius 2 is 1.73 bits per heavy atom. The Kier molecular flexibility index (Phi) is 6.95. The summed E-state index contributed by atoms with van der Waals surface area (Å²) in [7, 11) is 1.60. The number of rotatable bonds is 7. The Morgan fingerprint density at radius 1 is 1.03 bits per heavy atom.